The van der Waals surface area contributed by atoms with Gasteiger partial charge in [0.1, 0.15) is 11.7 Å². The number of carbonyl (C=O) groups excluding carboxylic acids is 1. The summed E-state index contributed by atoms with van der Waals surface area (Å²) >= 11 is 0. The lowest BCUT2D eigenvalue weighted by atomic mass is 9.99. The standard InChI is InChI=1S/C24H42O4Si/c1-18(14-15-21-24(7,27-21)17-16-22(25)26-8)12-11-13-19(2)20(3)28-29(9,10)23(4,5)6/h12,14-17,19-21H,11,13H2,1-10H3/b15-14+,17-16+,18-12+/t19-,20+,21-,24-/m0/s1. The lowest BCUT2D eigenvalue weighted by Crippen LogP contribution is -2.44. The molecular weight excluding hydrogens is 380 g/mol. The summed E-state index contributed by atoms with van der Waals surface area (Å²) in [5.74, 6) is 0.164. The predicted molar refractivity (Wildman–Crippen MR) is 123 cm³/mol. The summed E-state index contributed by atoms with van der Waals surface area (Å²) in [4.78, 5) is 11.2. The highest BCUT2D eigenvalue weighted by Gasteiger charge is 2.48. The quantitative estimate of drug-likeness (QED) is 0.138. The third kappa shape index (κ3) is 8.23. The van der Waals surface area contributed by atoms with Crippen LogP contribution in [0.5, 0.6) is 0 Å². The highest BCUT2D eigenvalue weighted by molar-refractivity contribution is 6.74. The number of esters is 1. The van der Waals surface area contributed by atoms with Crippen molar-refractivity contribution in [1.29, 1.82) is 0 Å². The van der Waals surface area contributed by atoms with Gasteiger partial charge in [-0.2, -0.15) is 0 Å². The van der Waals surface area contributed by atoms with Crippen LogP contribution in [-0.4, -0.2) is 39.2 Å². The number of epoxide rings is 1. The molecule has 0 N–H and O–H groups in total. The Morgan fingerprint density at radius 2 is 1.86 bits per heavy atom. The van der Waals surface area contributed by atoms with Gasteiger partial charge in [-0.1, -0.05) is 51.5 Å². The zero-order chi connectivity index (χ0) is 22.5. The summed E-state index contributed by atoms with van der Waals surface area (Å²) in [5.41, 5.74) is 0.820. The summed E-state index contributed by atoms with van der Waals surface area (Å²) < 4.78 is 16.8. The lowest BCUT2D eigenvalue weighted by Gasteiger charge is -2.40. The maximum Gasteiger partial charge on any atom is 0.330 e. The second-order valence-electron chi connectivity index (χ2n) is 10.0. The zero-order valence-electron chi connectivity index (χ0n) is 20.2. The summed E-state index contributed by atoms with van der Waals surface area (Å²) in [6, 6.07) is 0. The Bertz CT molecular complexity index is 642. The van der Waals surface area contributed by atoms with Gasteiger partial charge in [0.15, 0.2) is 8.32 Å². The number of ether oxygens (including phenoxy) is 2. The topological polar surface area (TPSA) is 48.1 Å². The first-order valence-corrected chi connectivity index (χ1v) is 13.6. The summed E-state index contributed by atoms with van der Waals surface area (Å²) in [6.07, 6.45) is 12.0. The van der Waals surface area contributed by atoms with Gasteiger partial charge in [0.05, 0.1) is 7.11 Å². The van der Waals surface area contributed by atoms with Crippen LogP contribution in [0, 0.1) is 5.92 Å². The molecule has 1 aliphatic rings. The van der Waals surface area contributed by atoms with Crippen molar-refractivity contribution in [2.75, 3.05) is 7.11 Å². The van der Waals surface area contributed by atoms with E-state index in [4.69, 9.17) is 9.16 Å². The van der Waals surface area contributed by atoms with Crippen LogP contribution in [0.4, 0.5) is 0 Å². The van der Waals surface area contributed by atoms with E-state index in [1.807, 2.05) is 6.92 Å². The van der Waals surface area contributed by atoms with Gasteiger partial charge in [0.2, 0.25) is 0 Å². The van der Waals surface area contributed by atoms with E-state index in [-0.39, 0.29) is 23.2 Å². The molecule has 29 heavy (non-hydrogen) atoms. The van der Waals surface area contributed by atoms with Crippen LogP contribution in [0.2, 0.25) is 18.1 Å². The fourth-order valence-corrected chi connectivity index (χ4v) is 4.29. The molecule has 5 heteroatoms. The number of carbonyl (C=O) groups is 1. The molecule has 0 aromatic rings. The highest BCUT2D eigenvalue weighted by Crippen LogP contribution is 2.39. The van der Waals surface area contributed by atoms with E-state index in [0.29, 0.717) is 5.92 Å². The Balaban J connectivity index is 2.45. The van der Waals surface area contributed by atoms with Crippen molar-refractivity contribution in [3.63, 3.8) is 0 Å². The second-order valence-corrected chi connectivity index (χ2v) is 14.8. The number of hydrogen-bond acceptors (Lipinski definition) is 4. The van der Waals surface area contributed by atoms with Gasteiger partial charge in [-0.05, 0) is 63.7 Å². The van der Waals surface area contributed by atoms with Gasteiger partial charge >= 0.3 is 5.97 Å². The van der Waals surface area contributed by atoms with Crippen molar-refractivity contribution >= 4 is 14.3 Å². The lowest BCUT2D eigenvalue weighted by molar-refractivity contribution is -0.134. The van der Waals surface area contributed by atoms with E-state index in [9.17, 15) is 4.79 Å². The van der Waals surface area contributed by atoms with E-state index in [1.54, 1.807) is 6.08 Å². The molecular formula is C24H42O4Si. The Labute approximate surface area is 179 Å². The molecule has 1 rings (SSSR count). The fraction of sp³-hybridized carbons (Fsp3) is 0.708. The third-order valence-electron chi connectivity index (χ3n) is 6.35. The van der Waals surface area contributed by atoms with Crippen LogP contribution < -0.4 is 0 Å². The first kappa shape index (κ1) is 25.9. The van der Waals surface area contributed by atoms with E-state index in [2.05, 4.69) is 77.6 Å². The molecule has 1 heterocycles. The Kier molecular flexibility index (Phi) is 9.12. The molecule has 0 radical (unpaired) electrons. The van der Waals surface area contributed by atoms with Crippen LogP contribution in [0.15, 0.2) is 36.0 Å². The Morgan fingerprint density at radius 3 is 2.41 bits per heavy atom. The molecule has 0 bridgehead atoms. The first-order valence-electron chi connectivity index (χ1n) is 10.7. The average molecular weight is 423 g/mol. The van der Waals surface area contributed by atoms with E-state index >= 15 is 0 Å². The van der Waals surface area contributed by atoms with Crippen LogP contribution in [-0.2, 0) is 18.7 Å². The molecule has 0 saturated carbocycles. The van der Waals surface area contributed by atoms with Crippen molar-refractivity contribution in [3.8, 4) is 0 Å². The van der Waals surface area contributed by atoms with Crippen LogP contribution in [0.25, 0.3) is 0 Å². The third-order valence-corrected chi connectivity index (χ3v) is 10.9. The van der Waals surface area contributed by atoms with Crippen LogP contribution in [0.1, 0.15) is 61.3 Å². The molecule has 4 nitrogen and oxygen atoms in total. The van der Waals surface area contributed by atoms with Gasteiger partial charge in [0, 0.05) is 12.2 Å². The van der Waals surface area contributed by atoms with Crippen molar-refractivity contribution in [3.05, 3.63) is 36.0 Å². The maximum absolute atomic E-state index is 11.2. The molecule has 1 fully saturated rings. The minimum absolute atomic E-state index is 0.00342. The molecule has 0 aromatic heterocycles. The van der Waals surface area contributed by atoms with Gasteiger partial charge in [0.25, 0.3) is 0 Å². The minimum atomic E-state index is -1.72. The van der Waals surface area contributed by atoms with Crippen molar-refractivity contribution < 1.29 is 18.7 Å². The van der Waals surface area contributed by atoms with Gasteiger partial charge in [-0.15, -0.1) is 0 Å². The first-order chi connectivity index (χ1) is 13.2. The smallest absolute Gasteiger partial charge is 0.330 e. The Hall–Kier alpha value is -1.17. The van der Waals surface area contributed by atoms with Crippen LogP contribution >= 0.6 is 0 Å². The molecule has 0 aromatic carbocycles. The minimum Gasteiger partial charge on any atom is -0.466 e. The number of hydrogen-bond donors (Lipinski definition) is 0. The molecule has 0 spiro atoms. The second kappa shape index (κ2) is 10.2. The van der Waals surface area contributed by atoms with Crippen molar-refractivity contribution in [1.82, 2.24) is 0 Å². The molecule has 0 aliphatic carbocycles. The maximum atomic E-state index is 11.2. The van der Waals surface area contributed by atoms with E-state index in [1.165, 1.54) is 18.8 Å². The summed E-state index contributed by atoms with van der Waals surface area (Å²) in [5, 5.41) is 0.244. The SMILES string of the molecule is COC(=O)/C=C/[C@]1(C)O[C@H]1/C=C/C(C)=C/CC[C@H](C)[C@@H](C)O[Si](C)(C)C(C)(C)C. The molecule has 1 aliphatic heterocycles. The Morgan fingerprint density at radius 1 is 1.24 bits per heavy atom. The number of methoxy groups -OCH3 is 1. The molecule has 166 valence electrons. The zero-order valence-corrected chi connectivity index (χ0v) is 21.2. The highest BCUT2D eigenvalue weighted by atomic mass is 28.4. The average Bonchev–Trinajstić information content (AvgIpc) is 3.26. The van der Waals surface area contributed by atoms with Gasteiger partial charge in [-0.3, -0.25) is 0 Å². The van der Waals surface area contributed by atoms with E-state index in [0.717, 1.165) is 12.8 Å². The van der Waals surface area contributed by atoms with Crippen LogP contribution in [0.3, 0.4) is 0 Å². The fourth-order valence-electron chi connectivity index (χ4n) is 2.78. The summed E-state index contributed by atoms with van der Waals surface area (Å²) in [6.45, 7) is 20.1. The van der Waals surface area contributed by atoms with E-state index < -0.39 is 13.9 Å². The van der Waals surface area contributed by atoms with Crippen molar-refractivity contribution in [2.45, 2.75) is 97.2 Å². The largest absolute Gasteiger partial charge is 0.466 e. The molecule has 4 atom stereocenters. The molecule has 1 saturated heterocycles. The molecule has 0 amide bonds. The summed E-state index contributed by atoms with van der Waals surface area (Å²) in [7, 11) is -0.345. The normalized spacial score (nSPS) is 25.4. The molecule has 0 unspecified atom stereocenters. The number of allylic oxidation sites excluding steroid dienone is 3. The van der Waals surface area contributed by atoms with Gasteiger partial charge < -0.3 is 13.9 Å². The van der Waals surface area contributed by atoms with Crippen molar-refractivity contribution in [2.24, 2.45) is 5.92 Å². The predicted octanol–water partition coefficient (Wildman–Crippen LogP) is 6.20. The monoisotopic (exact) mass is 422 g/mol. The van der Waals surface area contributed by atoms with Gasteiger partial charge in [-0.25, -0.2) is 4.79 Å². The number of rotatable bonds is 10.